The van der Waals surface area contributed by atoms with Crippen molar-refractivity contribution in [2.45, 2.75) is 40.0 Å². The van der Waals surface area contributed by atoms with Crippen LogP contribution < -0.4 is 4.74 Å². The van der Waals surface area contributed by atoms with Crippen LogP contribution in [0.3, 0.4) is 0 Å². The summed E-state index contributed by atoms with van der Waals surface area (Å²) in [4.78, 5) is 13.6. The Balaban J connectivity index is 1.79. The van der Waals surface area contributed by atoms with Gasteiger partial charge in [0, 0.05) is 17.2 Å². The first-order valence-electron chi connectivity index (χ1n) is 8.85. The molecule has 6 heteroatoms. The van der Waals surface area contributed by atoms with Crippen LogP contribution in [-0.4, -0.2) is 25.1 Å². The number of carbonyl (C=O) groups is 1. The summed E-state index contributed by atoms with van der Waals surface area (Å²) in [6, 6.07) is 9.45. The molecule has 0 saturated carbocycles. The van der Waals surface area contributed by atoms with Crippen LogP contribution in [0.15, 0.2) is 42.5 Å². The average molecular weight is 365 g/mol. The van der Waals surface area contributed by atoms with Gasteiger partial charge in [0.05, 0.1) is 0 Å². The van der Waals surface area contributed by atoms with Crippen LogP contribution in [0.1, 0.15) is 38.8 Å². The number of aromatic hydroxyl groups is 1. The highest BCUT2D eigenvalue weighted by Gasteiger charge is 2.29. The number of phenolic OH excluding ortho intramolecular Hbond substituents is 1. The Hall–Kier alpha value is -3.15. The normalized spacial score (nSPS) is 12.3. The lowest BCUT2D eigenvalue weighted by atomic mass is 9.85. The van der Waals surface area contributed by atoms with E-state index in [0.29, 0.717) is 11.3 Å². The van der Waals surface area contributed by atoms with E-state index in [-0.39, 0.29) is 11.2 Å². The number of nitrogens with zero attached hydrogens (tertiary/aromatic N) is 3. The van der Waals surface area contributed by atoms with Crippen LogP contribution in [0, 0.1) is 6.92 Å². The molecule has 0 atom stereocenters. The standard InChI is InChI=1S/C21H23N3O3/c1-12(2)20(26)27-14-7-8-16-17(11-14)23-22(16)24(23)18-10-13(3)9-15(19(18)25)21(4,5)6/h7-11,25H,1H2,2-6H3. The van der Waals surface area contributed by atoms with E-state index in [2.05, 4.69) is 27.4 Å². The van der Waals surface area contributed by atoms with Crippen LogP contribution in [-0.2, 0) is 10.2 Å². The fraction of sp³-hybridized carbons (Fsp3) is 0.286. The highest BCUT2D eigenvalue weighted by molar-refractivity contribution is 5.90. The van der Waals surface area contributed by atoms with Crippen molar-refractivity contribution in [1.29, 1.82) is 0 Å². The lowest BCUT2D eigenvalue weighted by molar-refractivity contribution is -0.130. The minimum atomic E-state index is -0.445. The second-order valence-electron chi connectivity index (χ2n) is 8.12. The monoisotopic (exact) mass is 365 g/mol. The van der Waals surface area contributed by atoms with Crippen molar-refractivity contribution in [3.8, 4) is 17.2 Å². The third-order valence-corrected chi connectivity index (χ3v) is 4.70. The molecule has 6 nitrogen and oxygen atoms in total. The third kappa shape index (κ3) is 2.60. The van der Waals surface area contributed by atoms with E-state index in [4.69, 9.17) is 4.74 Å². The molecule has 4 rings (SSSR count). The van der Waals surface area contributed by atoms with Gasteiger partial charge >= 0.3 is 5.97 Å². The van der Waals surface area contributed by atoms with Gasteiger partial charge in [-0.1, -0.05) is 33.4 Å². The maximum absolute atomic E-state index is 11.7. The number of hydrogen-bond donors (Lipinski definition) is 1. The Bertz CT molecular complexity index is 1200. The Morgan fingerprint density at radius 3 is 2.41 bits per heavy atom. The molecule has 0 radical (unpaired) electrons. The van der Waals surface area contributed by atoms with Crippen LogP contribution in [0.2, 0.25) is 0 Å². The molecule has 140 valence electrons. The lowest BCUT2D eigenvalue weighted by Gasteiger charge is -2.21. The summed E-state index contributed by atoms with van der Waals surface area (Å²) in [6.07, 6.45) is 0. The smallest absolute Gasteiger partial charge is 0.338 e. The quantitative estimate of drug-likeness (QED) is 0.336. The number of fused-ring (bicyclic) bond motifs is 4. The lowest BCUT2D eigenvalue weighted by Crippen LogP contribution is -2.12. The second kappa shape index (κ2) is 5.42. The molecule has 0 amide bonds. The molecule has 0 aliphatic heterocycles. The Kier molecular flexibility index (Phi) is 3.47. The van der Waals surface area contributed by atoms with Gasteiger partial charge in [0.15, 0.2) is 0 Å². The fourth-order valence-corrected chi connectivity index (χ4v) is 3.27. The first-order chi connectivity index (χ1) is 12.6. The number of hydrogen-bond acceptors (Lipinski definition) is 3. The van der Waals surface area contributed by atoms with Crippen molar-refractivity contribution in [2.24, 2.45) is 0 Å². The van der Waals surface area contributed by atoms with Gasteiger partial charge in [0.25, 0.3) is 0 Å². The number of carbonyl (C=O) groups excluding carboxylic acids is 1. The zero-order valence-electron chi connectivity index (χ0n) is 16.2. The molecular weight excluding hydrogens is 342 g/mol. The summed E-state index contributed by atoms with van der Waals surface area (Å²) in [5.41, 5.74) is 4.82. The van der Waals surface area contributed by atoms with Crippen LogP contribution in [0.25, 0.3) is 16.7 Å². The van der Waals surface area contributed by atoms with Gasteiger partial charge in [0.1, 0.15) is 28.2 Å². The molecule has 2 aromatic heterocycles. The van der Waals surface area contributed by atoms with Gasteiger partial charge in [-0.25, -0.2) is 4.79 Å². The molecule has 2 aromatic carbocycles. The minimum Gasteiger partial charge on any atom is -0.505 e. The molecule has 4 aromatic rings. The van der Waals surface area contributed by atoms with Crippen LogP contribution in [0.4, 0.5) is 0 Å². The second-order valence-corrected chi connectivity index (χ2v) is 8.12. The molecule has 27 heavy (non-hydrogen) atoms. The van der Waals surface area contributed by atoms with Crippen molar-refractivity contribution in [3.05, 3.63) is 53.6 Å². The molecular formula is C21H23N3O3. The van der Waals surface area contributed by atoms with Crippen LogP contribution in [0.5, 0.6) is 11.5 Å². The predicted molar refractivity (Wildman–Crippen MR) is 104 cm³/mol. The molecule has 0 unspecified atom stereocenters. The molecule has 0 saturated heterocycles. The number of rotatable bonds is 3. The summed E-state index contributed by atoms with van der Waals surface area (Å²) < 4.78 is 9.19. The number of phenols is 1. The molecule has 1 N–H and O–H groups in total. The topological polar surface area (TPSA) is 60.3 Å². The molecule has 0 aliphatic rings. The number of aryl methyl sites for hydroxylation is 1. The first-order valence-corrected chi connectivity index (χ1v) is 8.85. The van der Waals surface area contributed by atoms with Gasteiger partial charge < -0.3 is 9.84 Å². The Morgan fingerprint density at radius 2 is 1.78 bits per heavy atom. The van der Waals surface area contributed by atoms with Gasteiger partial charge in [-0.05, 0) is 43.0 Å². The maximum atomic E-state index is 11.7. The number of ether oxygens (including phenoxy) is 1. The first kappa shape index (κ1) is 17.3. The summed E-state index contributed by atoms with van der Waals surface area (Å²) in [7, 11) is 0. The number of benzene rings is 2. The molecule has 2 heterocycles. The van der Waals surface area contributed by atoms with E-state index < -0.39 is 5.97 Å². The molecule has 0 aliphatic carbocycles. The Labute approximate surface area is 157 Å². The largest absolute Gasteiger partial charge is 0.505 e. The van der Waals surface area contributed by atoms with Crippen LogP contribution >= 0.6 is 0 Å². The van der Waals surface area contributed by atoms with Gasteiger partial charge in [-0.2, -0.15) is 0 Å². The van der Waals surface area contributed by atoms with Gasteiger partial charge in [0.2, 0.25) is 0 Å². The van der Waals surface area contributed by atoms with E-state index in [1.54, 1.807) is 13.0 Å². The summed E-state index contributed by atoms with van der Waals surface area (Å²) in [5, 5.41) is 10.9. The highest BCUT2D eigenvalue weighted by Crippen LogP contribution is 2.39. The van der Waals surface area contributed by atoms with Crippen molar-refractivity contribution in [1.82, 2.24) is 14.1 Å². The summed E-state index contributed by atoms with van der Waals surface area (Å²) >= 11 is 0. The zero-order chi connectivity index (χ0) is 19.7. The highest BCUT2D eigenvalue weighted by atomic mass is 16.5. The van der Waals surface area contributed by atoms with E-state index in [1.807, 2.05) is 45.2 Å². The van der Waals surface area contributed by atoms with E-state index in [9.17, 15) is 9.90 Å². The molecule has 0 spiro atoms. The van der Waals surface area contributed by atoms with Crippen molar-refractivity contribution in [2.75, 3.05) is 0 Å². The van der Waals surface area contributed by atoms with E-state index in [0.717, 1.165) is 27.8 Å². The molecule has 0 bridgehead atoms. The van der Waals surface area contributed by atoms with Crippen molar-refractivity contribution >= 4 is 17.0 Å². The van der Waals surface area contributed by atoms with Gasteiger partial charge in [-0.15, -0.1) is 14.1 Å². The minimum absolute atomic E-state index is 0.165. The Morgan fingerprint density at radius 1 is 1.11 bits per heavy atom. The molecule has 0 fully saturated rings. The van der Waals surface area contributed by atoms with E-state index >= 15 is 0 Å². The SMILES string of the molecule is C=C(C)C(=O)Oc1ccc2c(c1)n1n(-c3cc(C)cc(C(C)(C)C)c3O)n21. The zero-order valence-corrected chi connectivity index (χ0v) is 16.2. The van der Waals surface area contributed by atoms with Gasteiger partial charge in [-0.3, -0.25) is 0 Å². The number of aromatic nitrogens is 3. The maximum Gasteiger partial charge on any atom is 0.338 e. The van der Waals surface area contributed by atoms with Crippen molar-refractivity contribution in [3.63, 3.8) is 0 Å². The summed E-state index contributed by atoms with van der Waals surface area (Å²) in [6.45, 7) is 13.5. The third-order valence-electron chi connectivity index (χ3n) is 4.70. The number of esters is 1. The van der Waals surface area contributed by atoms with Crippen molar-refractivity contribution < 1.29 is 14.6 Å². The predicted octanol–water partition coefficient (Wildman–Crippen LogP) is 4.21. The summed E-state index contributed by atoms with van der Waals surface area (Å²) in [5.74, 6) is 0.305. The fourth-order valence-electron chi connectivity index (χ4n) is 3.27. The van der Waals surface area contributed by atoms with E-state index in [1.165, 1.54) is 0 Å². The average Bonchev–Trinajstić information content (AvgIpc) is 3.22.